The van der Waals surface area contributed by atoms with Crippen molar-refractivity contribution >= 4 is 33.4 Å². The van der Waals surface area contributed by atoms with E-state index in [1.807, 2.05) is 0 Å². The van der Waals surface area contributed by atoms with Gasteiger partial charge in [-0.2, -0.15) is 11.8 Å². The third kappa shape index (κ3) is 4.19. The fraction of sp³-hybridized carbons (Fsp3) is 0.538. The average Bonchev–Trinajstić information content (AvgIpc) is 2.34. The van der Waals surface area contributed by atoms with Gasteiger partial charge in [0, 0.05) is 47.3 Å². The van der Waals surface area contributed by atoms with Gasteiger partial charge in [-0.25, -0.2) is 0 Å². The Bertz CT molecular complexity index is 342. The minimum Gasteiger partial charge on any atom is -0.384 e. The molecule has 1 fully saturated rings. The van der Waals surface area contributed by atoms with Crippen LogP contribution in [0.1, 0.15) is 6.92 Å². The summed E-state index contributed by atoms with van der Waals surface area (Å²) in [4.78, 5) is 2.57. The molecule has 1 aliphatic heterocycles. The topological polar surface area (TPSA) is 15.3 Å². The van der Waals surface area contributed by atoms with Crippen molar-refractivity contribution in [2.75, 3.05) is 36.5 Å². The number of nitrogens with one attached hydrogen (secondary N) is 1. The van der Waals surface area contributed by atoms with Gasteiger partial charge in [0.05, 0.1) is 0 Å². The van der Waals surface area contributed by atoms with Crippen LogP contribution in [0.3, 0.4) is 0 Å². The zero-order valence-corrected chi connectivity index (χ0v) is 12.6. The highest BCUT2D eigenvalue weighted by Crippen LogP contribution is 2.16. The third-order valence-corrected chi connectivity index (χ3v) is 4.80. The van der Waals surface area contributed by atoms with Gasteiger partial charge in [0.2, 0.25) is 0 Å². The predicted molar refractivity (Wildman–Crippen MR) is 81.0 cm³/mol. The van der Waals surface area contributed by atoms with Crippen LogP contribution in [0.5, 0.6) is 0 Å². The highest BCUT2D eigenvalue weighted by Gasteiger charge is 2.17. The van der Waals surface area contributed by atoms with Gasteiger partial charge in [0.25, 0.3) is 0 Å². The second-order valence-electron chi connectivity index (χ2n) is 4.39. The third-order valence-electron chi connectivity index (χ3n) is 3.08. The van der Waals surface area contributed by atoms with Gasteiger partial charge in [0.15, 0.2) is 0 Å². The van der Waals surface area contributed by atoms with Crippen LogP contribution in [0, 0.1) is 0 Å². The molecule has 0 bridgehead atoms. The number of hydrogen-bond acceptors (Lipinski definition) is 3. The molecule has 1 heterocycles. The normalized spacial score (nSPS) is 21.4. The van der Waals surface area contributed by atoms with Crippen LogP contribution in [0.25, 0.3) is 0 Å². The van der Waals surface area contributed by atoms with Gasteiger partial charge in [-0.15, -0.1) is 0 Å². The summed E-state index contributed by atoms with van der Waals surface area (Å²) < 4.78 is 1.13. The van der Waals surface area contributed by atoms with Crippen LogP contribution in [-0.2, 0) is 0 Å². The molecular formula is C13H19BrN2S. The minimum absolute atomic E-state index is 0.723. The first kappa shape index (κ1) is 13.2. The average molecular weight is 315 g/mol. The van der Waals surface area contributed by atoms with Crippen molar-refractivity contribution in [1.29, 1.82) is 0 Å². The van der Waals surface area contributed by atoms with Crippen molar-refractivity contribution < 1.29 is 0 Å². The number of thioether (sulfide) groups is 1. The summed E-state index contributed by atoms with van der Waals surface area (Å²) in [7, 11) is 0. The van der Waals surface area contributed by atoms with Crippen LogP contribution in [0.2, 0.25) is 0 Å². The molecule has 1 atom stereocenters. The van der Waals surface area contributed by atoms with E-state index in [9.17, 15) is 0 Å². The Hall–Kier alpha value is -0.190. The summed E-state index contributed by atoms with van der Waals surface area (Å²) in [6.07, 6.45) is 0. The van der Waals surface area contributed by atoms with E-state index in [1.54, 1.807) is 0 Å². The number of anilines is 1. The Morgan fingerprint density at radius 1 is 1.41 bits per heavy atom. The van der Waals surface area contributed by atoms with Crippen molar-refractivity contribution in [3.05, 3.63) is 28.7 Å². The highest BCUT2D eigenvalue weighted by atomic mass is 79.9. The quantitative estimate of drug-likeness (QED) is 0.918. The zero-order valence-electron chi connectivity index (χ0n) is 10.2. The fourth-order valence-corrected chi connectivity index (χ4v) is 3.35. The maximum absolute atomic E-state index is 3.47. The first-order valence-electron chi connectivity index (χ1n) is 6.07. The number of hydrogen-bond donors (Lipinski definition) is 1. The van der Waals surface area contributed by atoms with Gasteiger partial charge < -0.3 is 5.32 Å². The van der Waals surface area contributed by atoms with E-state index in [4.69, 9.17) is 0 Å². The number of nitrogens with zero attached hydrogens (tertiary/aromatic N) is 1. The van der Waals surface area contributed by atoms with Gasteiger partial charge in [0.1, 0.15) is 0 Å². The second kappa shape index (κ2) is 6.66. The lowest BCUT2D eigenvalue weighted by Crippen LogP contribution is -2.42. The first-order chi connectivity index (χ1) is 8.25. The Balaban J connectivity index is 1.73. The smallest absolute Gasteiger partial charge is 0.0341 e. The lowest BCUT2D eigenvalue weighted by atomic mass is 10.3. The Morgan fingerprint density at radius 2 is 2.18 bits per heavy atom. The van der Waals surface area contributed by atoms with Crippen LogP contribution < -0.4 is 5.32 Å². The van der Waals surface area contributed by atoms with E-state index in [1.165, 1.54) is 23.7 Å². The molecule has 0 amide bonds. The first-order valence-corrected chi connectivity index (χ1v) is 8.02. The van der Waals surface area contributed by atoms with Crippen molar-refractivity contribution in [2.24, 2.45) is 0 Å². The summed E-state index contributed by atoms with van der Waals surface area (Å²) in [5, 5.41) is 3.47. The summed E-state index contributed by atoms with van der Waals surface area (Å²) in [5.74, 6) is 2.56. The lowest BCUT2D eigenvalue weighted by molar-refractivity contribution is 0.242. The van der Waals surface area contributed by atoms with E-state index < -0.39 is 0 Å². The monoisotopic (exact) mass is 314 g/mol. The minimum atomic E-state index is 0.723. The second-order valence-corrected chi connectivity index (χ2v) is 6.46. The maximum Gasteiger partial charge on any atom is 0.0341 e. The summed E-state index contributed by atoms with van der Waals surface area (Å²) in [6, 6.07) is 9.09. The Kier molecular flexibility index (Phi) is 5.19. The van der Waals surface area contributed by atoms with E-state index in [-0.39, 0.29) is 0 Å². The molecule has 0 aromatic heterocycles. The van der Waals surface area contributed by atoms with E-state index in [2.05, 4.69) is 69.1 Å². The molecule has 1 saturated heterocycles. The molecule has 2 rings (SSSR count). The molecule has 4 heteroatoms. The molecular weight excluding hydrogens is 296 g/mol. The Labute approximate surface area is 116 Å². The van der Waals surface area contributed by atoms with Crippen molar-refractivity contribution in [3.63, 3.8) is 0 Å². The summed E-state index contributed by atoms with van der Waals surface area (Å²) in [5.41, 5.74) is 1.20. The molecule has 1 aliphatic rings. The summed E-state index contributed by atoms with van der Waals surface area (Å²) >= 11 is 5.52. The molecule has 94 valence electrons. The molecule has 0 spiro atoms. The van der Waals surface area contributed by atoms with E-state index in [0.29, 0.717) is 0 Å². The van der Waals surface area contributed by atoms with Crippen LogP contribution >= 0.6 is 27.7 Å². The van der Waals surface area contributed by atoms with Gasteiger partial charge in [-0.1, -0.05) is 15.9 Å². The van der Waals surface area contributed by atoms with E-state index in [0.717, 1.165) is 23.6 Å². The molecule has 1 N–H and O–H groups in total. The van der Waals surface area contributed by atoms with Crippen LogP contribution in [-0.4, -0.2) is 42.1 Å². The SMILES string of the molecule is CC1CSCCN1CCNc1ccc(Br)cc1. The number of halogens is 1. The molecule has 1 unspecified atom stereocenters. The fourth-order valence-electron chi connectivity index (χ4n) is 2.01. The van der Waals surface area contributed by atoms with Crippen LogP contribution in [0.4, 0.5) is 5.69 Å². The Morgan fingerprint density at radius 3 is 2.88 bits per heavy atom. The van der Waals surface area contributed by atoms with Crippen molar-refractivity contribution in [3.8, 4) is 0 Å². The molecule has 2 nitrogen and oxygen atoms in total. The van der Waals surface area contributed by atoms with Crippen molar-refractivity contribution in [1.82, 2.24) is 4.90 Å². The maximum atomic E-state index is 3.47. The number of rotatable bonds is 4. The molecule has 0 aliphatic carbocycles. The molecule has 0 radical (unpaired) electrons. The zero-order chi connectivity index (χ0) is 12.1. The summed E-state index contributed by atoms with van der Waals surface area (Å²) in [6.45, 7) is 5.72. The largest absolute Gasteiger partial charge is 0.384 e. The molecule has 17 heavy (non-hydrogen) atoms. The van der Waals surface area contributed by atoms with Gasteiger partial charge >= 0.3 is 0 Å². The molecule has 1 aromatic carbocycles. The van der Waals surface area contributed by atoms with E-state index >= 15 is 0 Å². The standard InChI is InChI=1S/C13H19BrN2S/c1-11-10-17-9-8-16(11)7-6-15-13-4-2-12(14)3-5-13/h2-5,11,15H,6-10H2,1H3. The van der Waals surface area contributed by atoms with Crippen LogP contribution in [0.15, 0.2) is 28.7 Å². The van der Waals surface area contributed by atoms with Crippen molar-refractivity contribution in [2.45, 2.75) is 13.0 Å². The molecule has 0 saturated carbocycles. The number of benzene rings is 1. The highest BCUT2D eigenvalue weighted by molar-refractivity contribution is 9.10. The molecule has 1 aromatic rings. The van der Waals surface area contributed by atoms with Gasteiger partial charge in [-0.3, -0.25) is 4.90 Å². The lowest BCUT2D eigenvalue weighted by Gasteiger charge is -2.32. The van der Waals surface area contributed by atoms with Gasteiger partial charge in [-0.05, 0) is 31.2 Å². The predicted octanol–water partition coefficient (Wildman–Crippen LogP) is 3.30.